The van der Waals surface area contributed by atoms with Crippen LogP contribution in [0.5, 0.6) is 0 Å². The van der Waals surface area contributed by atoms with Gasteiger partial charge in [-0.25, -0.2) is 13.2 Å². The van der Waals surface area contributed by atoms with Gasteiger partial charge in [-0.15, -0.1) is 0 Å². The first kappa shape index (κ1) is 16.2. The van der Waals surface area contributed by atoms with Gasteiger partial charge in [-0.1, -0.05) is 18.0 Å². The first-order valence-electron chi connectivity index (χ1n) is 6.53. The van der Waals surface area contributed by atoms with E-state index in [9.17, 15) is 18.3 Å². The maximum atomic E-state index is 12.6. The molecular weight excluding hydrogens is 318 g/mol. The third-order valence-electron chi connectivity index (χ3n) is 3.56. The Hall–Kier alpha value is -1.15. The number of piperidine rings is 1. The molecule has 0 radical (unpaired) electrons. The van der Waals surface area contributed by atoms with Crippen molar-refractivity contribution in [3.63, 3.8) is 0 Å². The normalized spacial score (nSPS) is 20.4. The average Bonchev–Trinajstić information content (AvgIpc) is 2.47. The second-order valence-electron chi connectivity index (χ2n) is 4.89. The number of halogens is 1. The van der Waals surface area contributed by atoms with Gasteiger partial charge in [0.25, 0.3) is 0 Å². The van der Waals surface area contributed by atoms with E-state index < -0.39 is 22.0 Å². The number of aromatic carboxylic acids is 1. The summed E-state index contributed by atoms with van der Waals surface area (Å²) in [5.41, 5.74) is -0.254. The Morgan fingerprint density at radius 2 is 2.10 bits per heavy atom. The van der Waals surface area contributed by atoms with Crippen molar-refractivity contribution in [2.45, 2.75) is 30.2 Å². The van der Waals surface area contributed by atoms with Gasteiger partial charge in [-0.05, 0) is 31.0 Å². The van der Waals surface area contributed by atoms with Crippen LogP contribution in [0.15, 0.2) is 23.1 Å². The van der Waals surface area contributed by atoms with Gasteiger partial charge in [0, 0.05) is 12.6 Å². The molecule has 1 heterocycles. The van der Waals surface area contributed by atoms with E-state index in [0.717, 1.165) is 18.9 Å². The Balaban J connectivity index is 2.43. The van der Waals surface area contributed by atoms with E-state index in [0.29, 0.717) is 13.0 Å². The first-order chi connectivity index (χ1) is 9.87. The van der Waals surface area contributed by atoms with E-state index in [2.05, 4.69) is 0 Å². The highest BCUT2D eigenvalue weighted by atomic mass is 35.5. The lowest BCUT2D eigenvalue weighted by atomic mass is 10.1. The maximum Gasteiger partial charge on any atom is 0.337 e. The second kappa shape index (κ2) is 6.31. The summed E-state index contributed by atoms with van der Waals surface area (Å²) in [4.78, 5) is 10.9. The lowest BCUT2D eigenvalue weighted by Gasteiger charge is -2.33. The highest BCUT2D eigenvalue weighted by Gasteiger charge is 2.33. The highest BCUT2D eigenvalue weighted by Crippen LogP contribution is 2.27. The molecule has 0 aliphatic carbocycles. The van der Waals surface area contributed by atoms with Crippen molar-refractivity contribution >= 4 is 27.6 Å². The number of aliphatic hydroxyl groups is 1. The molecule has 0 saturated carbocycles. The zero-order chi connectivity index (χ0) is 15.6. The van der Waals surface area contributed by atoms with E-state index in [4.69, 9.17) is 16.7 Å². The summed E-state index contributed by atoms with van der Waals surface area (Å²) in [7, 11) is -3.84. The highest BCUT2D eigenvalue weighted by molar-refractivity contribution is 7.89. The fourth-order valence-electron chi connectivity index (χ4n) is 2.44. The molecule has 1 aliphatic rings. The van der Waals surface area contributed by atoms with Crippen molar-refractivity contribution in [3.8, 4) is 0 Å². The molecule has 1 aromatic carbocycles. The maximum absolute atomic E-state index is 12.6. The standard InChI is InChI=1S/C13H16ClNO5S/c14-12-5-4-10(7-11(12)13(17)18)21(19,20)15-6-2-1-3-9(15)8-16/h4-5,7,9,16H,1-3,6,8H2,(H,17,18). The van der Waals surface area contributed by atoms with Crippen LogP contribution in [0.2, 0.25) is 5.02 Å². The molecular formula is C13H16ClNO5S. The molecule has 6 nitrogen and oxygen atoms in total. The second-order valence-corrected chi connectivity index (χ2v) is 7.19. The van der Waals surface area contributed by atoms with Crippen molar-refractivity contribution in [1.29, 1.82) is 0 Å². The van der Waals surface area contributed by atoms with Gasteiger partial charge in [-0.3, -0.25) is 0 Å². The van der Waals surface area contributed by atoms with Crippen LogP contribution in [-0.2, 0) is 10.0 Å². The number of carboxylic acid groups (broad SMARTS) is 1. The molecule has 1 aliphatic heterocycles. The monoisotopic (exact) mass is 333 g/mol. The number of rotatable bonds is 4. The summed E-state index contributed by atoms with van der Waals surface area (Å²) in [6.45, 7) is 0.0667. The van der Waals surface area contributed by atoms with Crippen LogP contribution < -0.4 is 0 Å². The van der Waals surface area contributed by atoms with Crippen molar-refractivity contribution < 1.29 is 23.4 Å². The van der Waals surface area contributed by atoms with Crippen LogP contribution in [0, 0.1) is 0 Å². The molecule has 8 heteroatoms. The number of nitrogens with zero attached hydrogens (tertiary/aromatic N) is 1. The van der Waals surface area contributed by atoms with Crippen LogP contribution >= 0.6 is 11.6 Å². The van der Waals surface area contributed by atoms with Gasteiger partial charge in [-0.2, -0.15) is 4.31 Å². The number of benzene rings is 1. The number of hydrogen-bond acceptors (Lipinski definition) is 4. The molecule has 0 spiro atoms. The minimum absolute atomic E-state index is 0.0150. The smallest absolute Gasteiger partial charge is 0.337 e. The molecule has 1 atom stereocenters. The Morgan fingerprint density at radius 3 is 2.71 bits per heavy atom. The number of hydrogen-bond donors (Lipinski definition) is 2. The summed E-state index contributed by atoms with van der Waals surface area (Å²) >= 11 is 5.75. The Bertz CT molecular complexity index is 646. The zero-order valence-corrected chi connectivity index (χ0v) is 12.8. The predicted octanol–water partition coefficient (Wildman–Crippen LogP) is 1.57. The summed E-state index contributed by atoms with van der Waals surface area (Å²) in [6, 6.07) is 3.14. The van der Waals surface area contributed by atoms with Crippen LogP contribution in [0.4, 0.5) is 0 Å². The average molecular weight is 334 g/mol. The predicted molar refractivity (Wildman–Crippen MR) is 77.0 cm³/mol. The summed E-state index contributed by atoms with van der Waals surface area (Å²) in [6.07, 6.45) is 2.17. The van der Waals surface area contributed by atoms with Crippen LogP contribution in [0.1, 0.15) is 29.6 Å². The fourth-order valence-corrected chi connectivity index (χ4v) is 4.35. The zero-order valence-electron chi connectivity index (χ0n) is 11.2. The van der Waals surface area contributed by atoms with E-state index in [1.165, 1.54) is 16.4 Å². The third-order valence-corrected chi connectivity index (χ3v) is 5.84. The van der Waals surface area contributed by atoms with Crippen molar-refractivity contribution in [1.82, 2.24) is 4.31 Å². The number of carboxylic acids is 1. The molecule has 1 aromatic rings. The molecule has 1 fully saturated rings. The summed E-state index contributed by atoms with van der Waals surface area (Å²) < 4.78 is 26.5. The lowest BCUT2D eigenvalue weighted by Crippen LogP contribution is -2.45. The molecule has 116 valence electrons. The first-order valence-corrected chi connectivity index (χ1v) is 8.35. The quantitative estimate of drug-likeness (QED) is 0.872. The van der Waals surface area contributed by atoms with Gasteiger partial charge >= 0.3 is 5.97 Å². The van der Waals surface area contributed by atoms with E-state index >= 15 is 0 Å². The topological polar surface area (TPSA) is 94.9 Å². The number of aliphatic hydroxyl groups excluding tert-OH is 1. The molecule has 1 saturated heterocycles. The van der Waals surface area contributed by atoms with Crippen molar-refractivity contribution in [3.05, 3.63) is 28.8 Å². The fraction of sp³-hybridized carbons (Fsp3) is 0.462. The van der Waals surface area contributed by atoms with Crippen LogP contribution in [0.25, 0.3) is 0 Å². The van der Waals surface area contributed by atoms with Gasteiger partial charge in [0.2, 0.25) is 10.0 Å². The number of carbonyl (C=O) groups is 1. The molecule has 1 unspecified atom stereocenters. The molecule has 2 N–H and O–H groups in total. The van der Waals surface area contributed by atoms with Crippen molar-refractivity contribution in [2.75, 3.05) is 13.2 Å². The molecule has 0 aromatic heterocycles. The molecule has 21 heavy (non-hydrogen) atoms. The Morgan fingerprint density at radius 1 is 1.38 bits per heavy atom. The largest absolute Gasteiger partial charge is 0.478 e. The lowest BCUT2D eigenvalue weighted by molar-refractivity contribution is 0.0697. The Labute approximate surface area is 128 Å². The van der Waals surface area contributed by atoms with Crippen LogP contribution in [0.3, 0.4) is 0 Å². The minimum atomic E-state index is -3.84. The van der Waals surface area contributed by atoms with E-state index in [1.807, 2.05) is 0 Å². The molecule has 0 bridgehead atoms. The Kier molecular flexibility index (Phi) is 4.88. The van der Waals surface area contributed by atoms with Crippen LogP contribution in [-0.4, -0.2) is 48.1 Å². The van der Waals surface area contributed by atoms with Crippen molar-refractivity contribution in [2.24, 2.45) is 0 Å². The van der Waals surface area contributed by atoms with E-state index in [-0.39, 0.29) is 22.1 Å². The van der Waals surface area contributed by atoms with Gasteiger partial charge in [0.05, 0.1) is 22.1 Å². The van der Waals surface area contributed by atoms with E-state index in [1.54, 1.807) is 0 Å². The molecule has 2 rings (SSSR count). The van der Waals surface area contributed by atoms with Gasteiger partial charge in [0.15, 0.2) is 0 Å². The van der Waals surface area contributed by atoms with Gasteiger partial charge in [0.1, 0.15) is 0 Å². The molecule has 0 amide bonds. The summed E-state index contributed by atoms with van der Waals surface area (Å²) in [5.74, 6) is -1.28. The SMILES string of the molecule is O=C(O)c1cc(S(=O)(=O)N2CCCCC2CO)ccc1Cl. The number of sulfonamides is 1. The third kappa shape index (κ3) is 3.21. The van der Waals surface area contributed by atoms with Gasteiger partial charge < -0.3 is 10.2 Å². The summed E-state index contributed by atoms with van der Waals surface area (Å²) in [5, 5.41) is 18.4. The minimum Gasteiger partial charge on any atom is -0.478 e.